The van der Waals surface area contributed by atoms with Crippen LogP contribution in [0.2, 0.25) is 0 Å². The first-order valence-corrected chi connectivity index (χ1v) is 13.1. The molecule has 0 aliphatic heterocycles. The maximum absolute atomic E-state index is 9.65. The molecule has 0 amide bonds. The molecule has 0 saturated heterocycles. The molecular weight excluding hydrogens is 450 g/mol. The molecule has 2 atom stereocenters. The SMILES string of the molecule is CC[C@@H](CO)CC(C)Nc1nc(NCc2sccc2C)nc(C)c1-c1nc2ccccc2s1. The second kappa shape index (κ2) is 10.6. The Balaban J connectivity index is 1.68. The van der Waals surface area contributed by atoms with Gasteiger partial charge in [-0.05, 0) is 62.3 Å². The molecule has 6 nitrogen and oxygen atoms in total. The van der Waals surface area contributed by atoms with Crippen LogP contribution in [0.4, 0.5) is 11.8 Å². The van der Waals surface area contributed by atoms with Crippen LogP contribution in [0, 0.1) is 19.8 Å². The third-order valence-electron chi connectivity index (χ3n) is 5.88. The molecule has 0 radical (unpaired) electrons. The van der Waals surface area contributed by atoms with E-state index in [-0.39, 0.29) is 18.6 Å². The summed E-state index contributed by atoms with van der Waals surface area (Å²) in [6, 6.07) is 10.5. The van der Waals surface area contributed by atoms with Crippen LogP contribution >= 0.6 is 22.7 Å². The van der Waals surface area contributed by atoms with E-state index >= 15 is 0 Å². The molecule has 1 unspecified atom stereocenters. The Labute approximate surface area is 203 Å². The fourth-order valence-corrected chi connectivity index (χ4v) is 5.81. The Morgan fingerprint density at radius 2 is 1.91 bits per heavy atom. The fraction of sp³-hybridized carbons (Fsp3) is 0.400. The number of hydrogen-bond acceptors (Lipinski definition) is 8. The van der Waals surface area contributed by atoms with Crippen molar-refractivity contribution in [2.24, 2.45) is 5.92 Å². The van der Waals surface area contributed by atoms with Gasteiger partial charge in [0.2, 0.25) is 5.95 Å². The van der Waals surface area contributed by atoms with Gasteiger partial charge in [-0.25, -0.2) is 9.97 Å². The van der Waals surface area contributed by atoms with Crippen molar-refractivity contribution in [3.63, 3.8) is 0 Å². The zero-order valence-corrected chi connectivity index (χ0v) is 21.2. The van der Waals surface area contributed by atoms with Crippen molar-refractivity contribution in [3.8, 4) is 10.6 Å². The van der Waals surface area contributed by atoms with Crippen LogP contribution in [-0.4, -0.2) is 32.7 Å². The third-order valence-corrected chi connectivity index (χ3v) is 7.96. The predicted molar refractivity (Wildman–Crippen MR) is 140 cm³/mol. The summed E-state index contributed by atoms with van der Waals surface area (Å²) in [5.41, 5.74) is 4.09. The van der Waals surface area contributed by atoms with Gasteiger partial charge in [-0.15, -0.1) is 22.7 Å². The predicted octanol–water partition coefficient (Wildman–Crippen LogP) is 6.25. The Bertz CT molecular complexity index is 1180. The average Bonchev–Trinajstić information content (AvgIpc) is 3.41. The molecule has 8 heteroatoms. The minimum Gasteiger partial charge on any atom is -0.396 e. The number of aliphatic hydroxyl groups is 1. The number of thiazole rings is 1. The molecule has 174 valence electrons. The Morgan fingerprint density at radius 1 is 1.09 bits per heavy atom. The van der Waals surface area contributed by atoms with E-state index in [1.54, 1.807) is 22.7 Å². The van der Waals surface area contributed by atoms with E-state index in [4.69, 9.17) is 15.0 Å². The van der Waals surface area contributed by atoms with Crippen molar-refractivity contribution < 1.29 is 5.11 Å². The lowest BCUT2D eigenvalue weighted by molar-refractivity contribution is 0.211. The van der Waals surface area contributed by atoms with Crippen LogP contribution in [0.5, 0.6) is 0 Å². The molecule has 0 spiro atoms. The number of hydrogen-bond donors (Lipinski definition) is 3. The van der Waals surface area contributed by atoms with Crippen LogP contribution in [0.25, 0.3) is 20.8 Å². The van der Waals surface area contributed by atoms with Crippen molar-refractivity contribution >= 4 is 44.7 Å². The summed E-state index contributed by atoms with van der Waals surface area (Å²) in [6.45, 7) is 9.28. The molecule has 3 heterocycles. The van der Waals surface area contributed by atoms with Crippen LogP contribution in [0.3, 0.4) is 0 Å². The van der Waals surface area contributed by atoms with E-state index in [0.29, 0.717) is 12.5 Å². The molecule has 3 aromatic heterocycles. The van der Waals surface area contributed by atoms with Gasteiger partial charge in [0, 0.05) is 17.5 Å². The summed E-state index contributed by atoms with van der Waals surface area (Å²) in [5.74, 6) is 1.65. The van der Waals surface area contributed by atoms with Crippen LogP contribution < -0.4 is 10.6 Å². The number of para-hydroxylation sites is 1. The second-order valence-electron chi connectivity index (χ2n) is 8.46. The van der Waals surface area contributed by atoms with E-state index in [9.17, 15) is 5.11 Å². The Hall–Kier alpha value is -2.55. The highest BCUT2D eigenvalue weighted by atomic mass is 32.1. The van der Waals surface area contributed by atoms with Crippen molar-refractivity contribution in [1.82, 2.24) is 15.0 Å². The quantitative estimate of drug-likeness (QED) is 0.248. The molecule has 0 fully saturated rings. The summed E-state index contributed by atoms with van der Waals surface area (Å²) < 4.78 is 1.15. The smallest absolute Gasteiger partial charge is 0.225 e. The molecule has 4 rings (SSSR count). The first-order valence-electron chi connectivity index (χ1n) is 11.4. The highest BCUT2D eigenvalue weighted by Crippen LogP contribution is 2.36. The molecular formula is C25H31N5OS2. The van der Waals surface area contributed by atoms with E-state index in [1.165, 1.54) is 10.4 Å². The number of rotatable bonds is 10. The van der Waals surface area contributed by atoms with Crippen LogP contribution in [0.1, 0.15) is 42.8 Å². The van der Waals surface area contributed by atoms with E-state index in [0.717, 1.165) is 45.1 Å². The van der Waals surface area contributed by atoms with E-state index in [2.05, 4.69) is 48.9 Å². The minimum atomic E-state index is 0.150. The number of nitrogens with one attached hydrogen (secondary N) is 2. The largest absolute Gasteiger partial charge is 0.396 e. The Morgan fingerprint density at radius 3 is 2.61 bits per heavy atom. The molecule has 1 aromatic carbocycles. The van der Waals surface area contributed by atoms with Gasteiger partial charge in [0.15, 0.2) is 0 Å². The number of nitrogens with zero attached hydrogens (tertiary/aromatic N) is 3. The maximum atomic E-state index is 9.65. The molecule has 0 aliphatic carbocycles. The summed E-state index contributed by atoms with van der Waals surface area (Å²) in [4.78, 5) is 15.8. The lowest BCUT2D eigenvalue weighted by atomic mass is 9.99. The molecule has 4 aromatic rings. The monoisotopic (exact) mass is 481 g/mol. The van der Waals surface area contributed by atoms with Gasteiger partial charge < -0.3 is 15.7 Å². The first kappa shape index (κ1) is 23.6. The molecule has 33 heavy (non-hydrogen) atoms. The summed E-state index contributed by atoms with van der Waals surface area (Å²) in [6.07, 6.45) is 1.81. The fourth-order valence-electron chi connectivity index (χ4n) is 3.90. The molecule has 0 aliphatic rings. The van der Waals surface area contributed by atoms with E-state index in [1.807, 2.05) is 25.1 Å². The number of thiophene rings is 1. The van der Waals surface area contributed by atoms with Crippen molar-refractivity contribution in [1.29, 1.82) is 0 Å². The second-order valence-corrected chi connectivity index (χ2v) is 10.5. The van der Waals surface area contributed by atoms with Gasteiger partial charge in [0.1, 0.15) is 10.8 Å². The van der Waals surface area contributed by atoms with Gasteiger partial charge in [-0.3, -0.25) is 0 Å². The molecule has 3 N–H and O–H groups in total. The summed E-state index contributed by atoms with van der Waals surface area (Å²) in [7, 11) is 0. The minimum absolute atomic E-state index is 0.150. The normalized spacial score (nSPS) is 13.2. The maximum Gasteiger partial charge on any atom is 0.225 e. The lowest BCUT2D eigenvalue weighted by Crippen LogP contribution is -2.23. The number of aromatic nitrogens is 3. The Kier molecular flexibility index (Phi) is 7.57. The van der Waals surface area contributed by atoms with Crippen LogP contribution in [0.15, 0.2) is 35.7 Å². The zero-order valence-electron chi connectivity index (χ0n) is 19.6. The van der Waals surface area contributed by atoms with Crippen LogP contribution in [-0.2, 0) is 6.54 Å². The van der Waals surface area contributed by atoms with Crippen molar-refractivity contribution in [2.75, 3.05) is 17.2 Å². The van der Waals surface area contributed by atoms with Crippen molar-refractivity contribution in [3.05, 3.63) is 51.8 Å². The first-order chi connectivity index (χ1) is 16.0. The summed E-state index contributed by atoms with van der Waals surface area (Å²) in [5, 5.41) is 19.7. The number of aryl methyl sites for hydroxylation is 2. The number of fused-ring (bicyclic) bond motifs is 1. The van der Waals surface area contributed by atoms with Crippen molar-refractivity contribution in [2.45, 2.75) is 53.1 Å². The van der Waals surface area contributed by atoms with Gasteiger partial charge in [-0.2, -0.15) is 4.98 Å². The average molecular weight is 482 g/mol. The third kappa shape index (κ3) is 5.51. The highest BCUT2D eigenvalue weighted by Gasteiger charge is 2.20. The lowest BCUT2D eigenvalue weighted by Gasteiger charge is -2.21. The van der Waals surface area contributed by atoms with E-state index < -0.39 is 0 Å². The number of aliphatic hydroxyl groups excluding tert-OH is 1. The molecule has 0 bridgehead atoms. The number of anilines is 2. The van der Waals surface area contributed by atoms with Gasteiger partial charge in [0.25, 0.3) is 0 Å². The summed E-state index contributed by atoms with van der Waals surface area (Å²) >= 11 is 3.39. The zero-order chi connectivity index (χ0) is 23.4. The highest BCUT2D eigenvalue weighted by molar-refractivity contribution is 7.21. The van der Waals surface area contributed by atoms with Gasteiger partial charge in [0.05, 0.1) is 28.0 Å². The van der Waals surface area contributed by atoms with Gasteiger partial charge >= 0.3 is 0 Å². The topological polar surface area (TPSA) is 83.0 Å². The number of benzene rings is 1. The van der Waals surface area contributed by atoms with Gasteiger partial charge in [-0.1, -0.05) is 25.5 Å². The standard InChI is InChI=1S/C25H31N5OS2/c1-5-18(14-31)12-16(3)27-23-22(24-29-19-8-6-7-9-20(19)33-24)17(4)28-25(30-23)26-13-21-15(2)10-11-32-21/h6-11,16,18,31H,5,12-14H2,1-4H3,(H2,26,27,28,30)/t16?,18-/m1/s1. The molecule has 0 saturated carbocycles.